The molecule has 94 valence electrons. The van der Waals surface area contributed by atoms with Crippen molar-refractivity contribution < 1.29 is 4.74 Å². The number of nitrogens with one attached hydrogen (secondary N) is 1. The monoisotopic (exact) mass is 284 g/mol. The minimum Gasteiger partial charge on any atom is -0.479 e. The number of rotatable bonds is 3. The highest BCUT2D eigenvalue weighted by Gasteiger charge is 2.09. The van der Waals surface area contributed by atoms with Gasteiger partial charge >= 0.3 is 0 Å². The number of nitrogen functional groups attached to an aromatic ring is 1. The summed E-state index contributed by atoms with van der Waals surface area (Å²) < 4.78 is 5.00. The van der Waals surface area contributed by atoms with Gasteiger partial charge in [0.1, 0.15) is 12.0 Å². The first-order valence-corrected chi connectivity index (χ1v) is 5.73. The van der Waals surface area contributed by atoms with Gasteiger partial charge in [-0.2, -0.15) is 4.98 Å². The molecule has 0 aliphatic carbocycles. The molecule has 0 bridgehead atoms. The Morgan fingerprint density at radius 1 is 1.17 bits per heavy atom. The zero-order valence-electron chi connectivity index (χ0n) is 9.45. The van der Waals surface area contributed by atoms with Crippen LogP contribution in [-0.2, 0) is 0 Å². The van der Waals surface area contributed by atoms with Gasteiger partial charge in [-0.05, 0) is 18.2 Å². The molecule has 0 atom stereocenters. The third-order valence-corrected chi connectivity index (χ3v) is 2.60. The van der Waals surface area contributed by atoms with Gasteiger partial charge in [0.15, 0.2) is 5.82 Å². The second-order valence-electron chi connectivity index (χ2n) is 3.43. The van der Waals surface area contributed by atoms with Gasteiger partial charge in [0, 0.05) is 15.7 Å². The number of aromatic nitrogens is 2. The minimum absolute atomic E-state index is 0.306. The smallest absolute Gasteiger partial charge is 0.242 e. The lowest BCUT2D eigenvalue weighted by molar-refractivity contribution is 0.399. The fourth-order valence-electron chi connectivity index (χ4n) is 1.40. The van der Waals surface area contributed by atoms with Crippen molar-refractivity contribution in [2.45, 2.75) is 0 Å². The van der Waals surface area contributed by atoms with E-state index in [0.29, 0.717) is 33.1 Å². The molecular formula is C11H10Cl2N4O. The lowest BCUT2D eigenvalue weighted by Crippen LogP contribution is -2.03. The normalized spacial score (nSPS) is 10.2. The number of benzene rings is 1. The van der Waals surface area contributed by atoms with Crippen LogP contribution >= 0.6 is 23.2 Å². The first kappa shape index (κ1) is 12.7. The summed E-state index contributed by atoms with van der Waals surface area (Å²) in [4.78, 5) is 7.91. The van der Waals surface area contributed by atoms with Crippen LogP contribution in [0, 0.1) is 0 Å². The van der Waals surface area contributed by atoms with Gasteiger partial charge < -0.3 is 15.8 Å². The fourth-order valence-corrected chi connectivity index (χ4v) is 1.93. The predicted octanol–water partition coefficient (Wildman–Crippen LogP) is 3.12. The number of nitrogens with zero attached hydrogens (tertiary/aromatic N) is 2. The zero-order valence-corrected chi connectivity index (χ0v) is 11.0. The summed E-state index contributed by atoms with van der Waals surface area (Å²) in [6.45, 7) is 0. The van der Waals surface area contributed by atoms with Gasteiger partial charge in [-0.25, -0.2) is 4.98 Å². The Kier molecular flexibility index (Phi) is 3.74. The topological polar surface area (TPSA) is 73.1 Å². The van der Waals surface area contributed by atoms with Gasteiger partial charge in [0.2, 0.25) is 5.88 Å². The summed E-state index contributed by atoms with van der Waals surface area (Å²) in [5, 5.41) is 4.04. The van der Waals surface area contributed by atoms with E-state index in [1.165, 1.54) is 13.4 Å². The van der Waals surface area contributed by atoms with Crippen LogP contribution in [0.3, 0.4) is 0 Å². The highest BCUT2D eigenvalue weighted by Crippen LogP contribution is 2.29. The molecule has 0 unspecified atom stereocenters. The van der Waals surface area contributed by atoms with Gasteiger partial charge in [0.25, 0.3) is 0 Å². The van der Waals surface area contributed by atoms with E-state index in [-0.39, 0.29) is 0 Å². The number of methoxy groups -OCH3 is 1. The van der Waals surface area contributed by atoms with Crippen molar-refractivity contribution in [3.05, 3.63) is 34.6 Å². The number of hydrogen-bond acceptors (Lipinski definition) is 5. The predicted molar refractivity (Wildman–Crippen MR) is 72.7 cm³/mol. The third-order valence-electron chi connectivity index (χ3n) is 2.17. The van der Waals surface area contributed by atoms with Crippen LogP contribution in [0.2, 0.25) is 10.0 Å². The molecule has 0 radical (unpaired) electrons. The highest BCUT2D eigenvalue weighted by atomic mass is 35.5. The molecule has 0 amide bonds. The molecule has 18 heavy (non-hydrogen) atoms. The van der Waals surface area contributed by atoms with Crippen LogP contribution in [0.5, 0.6) is 5.88 Å². The van der Waals surface area contributed by atoms with Crippen molar-refractivity contribution in [1.29, 1.82) is 0 Å². The summed E-state index contributed by atoms with van der Waals surface area (Å²) in [5.41, 5.74) is 6.84. The molecule has 2 rings (SSSR count). The van der Waals surface area contributed by atoms with E-state index in [2.05, 4.69) is 15.3 Å². The minimum atomic E-state index is 0.306. The van der Waals surface area contributed by atoms with E-state index in [4.69, 9.17) is 33.7 Å². The van der Waals surface area contributed by atoms with Crippen LogP contribution in [0.25, 0.3) is 0 Å². The van der Waals surface area contributed by atoms with Gasteiger partial charge in [0.05, 0.1) is 7.11 Å². The van der Waals surface area contributed by atoms with Crippen LogP contribution in [-0.4, -0.2) is 17.1 Å². The number of anilines is 3. The Bertz CT molecular complexity index is 557. The zero-order chi connectivity index (χ0) is 13.1. The van der Waals surface area contributed by atoms with Crippen molar-refractivity contribution in [3.8, 4) is 5.88 Å². The Morgan fingerprint density at radius 3 is 2.44 bits per heavy atom. The first-order valence-electron chi connectivity index (χ1n) is 4.97. The largest absolute Gasteiger partial charge is 0.479 e. The third kappa shape index (κ3) is 2.75. The number of nitrogens with two attached hydrogens (primary N) is 1. The molecule has 2 aromatic rings. The maximum absolute atomic E-state index is 5.90. The van der Waals surface area contributed by atoms with Crippen LogP contribution in [0.1, 0.15) is 0 Å². The van der Waals surface area contributed by atoms with E-state index in [1.807, 2.05) is 0 Å². The molecule has 0 aliphatic heterocycles. The van der Waals surface area contributed by atoms with Crippen molar-refractivity contribution in [1.82, 2.24) is 9.97 Å². The van der Waals surface area contributed by atoms with Crippen molar-refractivity contribution in [3.63, 3.8) is 0 Å². The first-order chi connectivity index (χ1) is 8.60. The molecule has 1 aromatic heterocycles. The van der Waals surface area contributed by atoms with Crippen molar-refractivity contribution >= 4 is 40.4 Å². The van der Waals surface area contributed by atoms with E-state index >= 15 is 0 Å². The van der Waals surface area contributed by atoms with Crippen molar-refractivity contribution in [2.75, 3.05) is 18.2 Å². The van der Waals surface area contributed by atoms with Crippen LogP contribution in [0.4, 0.5) is 17.2 Å². The quantitative estimate of drug-likeness (QED) is 0.906. The molecule has 3 N–H and O–H groups in total. The molecule has 5 nitrogen and oxygen atoms in total. The molecule has 0 aliphatic rings. The summed E-state index contributed by atoms with van der Waals surface area (Å²) in [5.74, 6) is 0.737. The van der Waals surface area contributed by atoms with Gasteiger partial charge in [-0.15, -0.1) is 0 Å². The lowest BCUT2D eigenvalue weighted by atomic mass is 10.3. The second kappa shape index (κ2) is 5.29. The van der Waals surface area contributed by atoms with Crippen molar-refractivity contribution in [2.24, 2.45) is 0 Å². The molecule has 0 fully saturated rings. The van der Waals surface area contributed by atoms with E-state index in [0.717, 1.165) is 0 Å². The molecule has 0 saturated heterocycles. The Balaban J connectivity index is 2.34. The molecular weight excluding hydrogens is 275 g/mol. The van der Waals surface area contributed by atoms with Gasteiger partial charge in [-0.3, -0.25) is 0 Å². The molecule has 1 aromatic carbocycles. The summed E-state index contributed by atoms with van der Waals surface area (Å²) in [6.07, 6.45) is 1.35. The van der Waals surface area contributed by atoms with E-state index in [1.54, 1.807) is 18.2 Å². The maximum atomic E-state index is 5.90. The highest BCUT2D eigenvalue weighted by molar-refractivity contribution is 6.35. The fraction of sp³-hybridized carbons (Fsp3) is 0.0909. The molecule has 7 heteroatoms. The molecule has 1 heterocycles. The standard InChI is InChI=1S/C11H10Cl2N4O/c1-18-11-9(14)10(15-5-16-11)17-8-3-6(12)2-7(13)4-8/h2-5H,14H2,1H3,(H,15,16,17). The average molecular weight is 285 g/mol. The Labute approximate surface area is 114 Å². The summed E-state index contributed by atoms with van der Waals surface area (Å²) in [7, 11) is 1.48. The average Bonchev–Trinajstić information content (AvgIpc) is 2.30. The second-order valence-corrected chi connectivity index (χ2v) is 4.30. The number of ether oxygens (including phenoxy) is 1. The van der Waals surface area contributed by atoms with Crippen LogP contribution in [0.15, 0.2) is 24.5 Å². The van der Waals surface area contributed by atoms with E-state index < -0.39 is 0 Å². The Hall–Kier alpha value is -1.72. The Morgan fingerprint density at radius 2 is 1.83 bits per heavy atom. The van der Waals surface area contributed by atoms with Gasteiger partial charge in [-0.1, -0.05) is 23.2 Å². The van der Waals surface area contributed by atoms with Crippen LogP contribution < -0.4 is 15.8 Å². The lowest BCUT2D eigenvalue weighted by Gasteiger charge is -2.10. The number of halogens is 2. The maximum Gasteiger partial charge on any atom is 0.242 e. The SMILES string of the molecule is COc1ncnc(Nc2cc(Cl)cc(Cl)c2)c1N. The summed E-state index contributed by atoms with van der Waals surface area (Å²) in [6, 6.07) is 5.06. The molecule has 0 spiro atoms. The van der Waals surface area contributed by atoms with E-state index in [9.17, 15) is 0 Å². The summed E-state index contributed by atoms with van der Waals surface area (Å²) >= 11 is 11.8. The molecule has 0 saturated carbocycles. The number of hydrogen-bond donors (Lipinski definition) is 2.